The molecule has 1 aromatic carbocycles. The quantitative estimate of drug-likeness (QED) is 0.604. The first-order chi connectivity index (χ1) is 13.7. The third-order valence-electron chi connectivity index (χ3n) is 7.89. The topological polar surface area (TPSA) is 29.1 Å². The monoisotopic (exact) mass is 409 g/mol. The molecule has 2 aromatic rings. The number of thiophene rings is 1. The number of fused-ring (bicyclic) bond motifs is 3. The van der Waals surface area contributed by atoms with Crippen molar-refractivity contribution in [1.29, 1.82) is 0 Å². The molecule has 4 rings (SSSR count). The summed E-state index contributed by atoms with van der Waals surface area (Å²) >= 11 is 1.55. The van der Waals surface area contributed by atoms with Gasteiger partial charge in [0.15, 0.2) is 0 Å². The summed E-state index contributed by atoms with van der Waals surface area (Å²) in [6.45, 7) is 12.3. The maximum Gasteiger partial charge on any atom is 0.261 e. The Balaban J connectivity index is 1.58. The molecule has 1 fully saturated rings. The molecule has 2 nitrogen and oxygen atoms in total. The van der Waals surface area contributed by atoms with Gasteiger partial charge in [-0.3, -0.25) is 4.79 Å². The van der Waals surface area contributed by atoms with Crippen molar-refractivity contribution in [1.82, 2.24) is 5.32 Å². The molecule has 156 valence electrons. The Hall–Kier alpha value is -1.61. The second-order valence-electron chi connectivity index (χ2n) is 10.2. The van der Waals surface area contributed by atoms with Crippen LogP contribution in [-0.2, 0) is 11.8 Å². The minimum Gasteiger partial charge on any atom is -0.351 e. The number of benzene rings is 1. The van der Waals surface area contributed by atoms with E-state index in [-0.39, 0.29) is 16.7 Å². The highest BCUT2D eigenvalue weighted by atomic mass is 32.1. The van der Waals surface area contributed by atoms with Gasteiger partial charge in [-0.2, -0.15) is 0 Å². The van der Waals surface area contributed by atoms with Gasteiger partial charge in [-0.25, -0.2) is 0 Å². The molecule has 2 aliphatic carbocycles. The van der Waals surface area contributed by atoms with Crippen LogP contribution in [-0.4, -0.2) is 12.5 Å². The minimum atomic E-state index is 0.101. The van der Waals surface area contributed by atoms with Crippen LogP contribution in [0.1, 0.15) is 91.2 Å². The van der Waals surface area contributed by atoms with Crippen LogP contribution in [0.15, 0.2) is 29.6 Å². The summed E-state index contributed by atoms with van der Waals surface area (Å²) in [5.41, 5.74) is 6.06. The van der Waals surface area contributed by atoms with Gasteiger partial charge in [0.2, 0.25) is 0 Å². The van der Waals surface area contributed by atoms with Crippen LogP contribution in [0.25, 0.3) is 0 Å². The summed E-state index contributed by atoms with van der Waals surface area (Å²) in [5, 5.41) is 5.31. The number of rotatable bonds is 4. The lowest BCUT2D eigenvalue weighted by Gasteiger charge is -2.55. The molecule has 1 aromatic heterocycles. The average Bonchev–Trinajstić information content (AvgIpc) is 3.11. The number of aryl methyl sites for hydroxylation is 2. The largest absolute Gasteiger partial charge is 0.351 e. The van der Waals surface area contributed by atoms with Gasteiger partial charge in [0.05, 0.1) is 4.88 Å². The van der Waals surface area contributed by atoms with Gasteiger partial charge in [0, 0.05) is 6.54 Å². The molecule has 2 aliphatic rings. The van der Waals surface area contributed by atoms with Crippen LogP contribution in [0, 0.1) is 18.3 Å². The fraction of sp³-hybridized carbons (Fsp3) is 0.577. The summed E-state index contributed by atoms with van der Waals surface area (Å²) < 4.78 is 0. The summed E-state index contributed by atoms with van der Waals surface area (Å²) in [6, 6.07) is 9.28. The fourth-order valence-corrected chi connectivity index (χ4v) is 7.02. The lowest BCUT2D eigenvalue weighted by atomic mass is 9.49. The first-order valence-corrected chi connectivity index (χ1v) is 12.1. The van der Waals surface area contributed by atoms with E-state index in [1.807, 2.05) is 18.4 Å². The van der Waals surface area contributed by atoms with Crippen LogP contribution >= 0.6 is 11.3 Å². The Kier molecular flexibility index (Phi) is 5.40. The zero-order chi connectivity index (χ0) is 20.8. The van der Waals surface area contributed by atoms with E-state index >= 15 is 0 Å². The lowest BCUT2D eigenvalue weighted by Crippen LogP contribution is -2.53. The van der Waals surface area contributed by atoms with E-state index in [1.165, 1.54) is 37.7 Å². The van der Waals surface area contributed by atoms with E-state index < -0.39 is 0 Å². The molecule has 1 heterocycles. The third-order valence-corrected chi connectivity index (χ3v) is 8.90. The number of hydrogen-bond acceptors (Lipinski definition) is 2. The predicted molar refractivity (Wildman–Crippen MR) is 123 cm³/mol. The van der Waals surface area contributed by atoms with Crippen LogP contribution < -0.4 is 5.32 Å². The Morgan fingerprint density at radius 2 is 2.03 bits per heavy atom. The SMILES string of the molecule is Cc1ccsc1C(=O)NC[C@]1(C)CCC[C@]2(C)c3ccc(C(C)C)cc3CC[C@@H]12. The van der Waals surface area contributed by atoms with Gasteiger partial charge in [-0.15, -0.1) is 11.3 Å². The van der Waals surface area contributed by atoms with Gasteiger partial charge < -0.3 is 5.32 Å². The third kappa shape index (κ3) is 3.56. The minimum absolute atomic E-state index is 0.101. The molecule has 0 radical (unpaired) electrons. The second kappa shape index (κ2) is 7.58. The molecular formula is C26H35NOS. The fourth-order valence-electron chi connectivity index (χ4n) is 6.18. The highest BCUT2D eigenvalue weighted by molar-refractivity contribution is 7.12. The van der Waals surface area contributed by atoms with E-state index in [4.69, 9.17) is 0 Å². The molecule has 1 N–H and O–H groups in total. The van der Waals surface area contributed by atoms with E-state index in [2.05, 4.69) is 51.2 Å². The van der Waals surface area contributed by atoms with Crippen LogP contribution in [0.3, 0.4) is 0 Å². The zero-order valence-corrected chi connectivity index (χ0v) is 19.4. The highest BCUT2D eigenvalue weighted by Gasteiger charge is 2.51. The maximum absolute atomic E-state index is 12.8. The van der Waals surface area contributed by atoms with Crippen molar-refractivity contribution in [2.24, 2.45) is 11.3 Å². The molecule has 1 saturated carbocycles. The first-order valence-electron chi connectivity index (χ1n) is 11.2. The molecule has 3 atom stereocenters. The second-order valence-corrected chi connectivity index (χ2v) is 11.1. The maximum atomic E-state index is 12.8. The Labute approximate surface area is 180 Å². The molecule has 0 aliphatic heterocycles. The van der Waals surface area contributed by atoms with Crippen molar-refractivity contribution >= 4 is 17.2 Å². The van der Waals surface area contributed by atoms with E-state index in [0.717, 1.165) is 17.0 Å². The summed E-state index contributed by atoms with van der Waals surface area (Å²) in [5.74, 6) is 1.30. The van der Waals surface area contributed by atoms with Gasteiger partial charge in [0.25, 0.3) is 5.91 Å². The van der Waals surface area contributed by atoms with Crippen molar-refractivity contribution in [3.8, 4) is 0 Å². The average molecular weight is 410 g/mol. The number of carbonyl (C=O) groups excluding carboxylic acids is 1. The van der Waals surface area contributed by atoms with Crippen LogP contribution in [0.5, 0.6) is 0 Å². The van der Waals surface area contributed by atoms with Crippen molar-refractivity contribution in [3.63, 3.8) is 0 Å². The standard InChI is InChI=1S/C26H35NOS/c1-17(2)19-7-9-21-20(15-19)8-10-22-25(4,12-6-13-26(21,22)5)16-27-24(28)23-18(3)11-14-29-23/h7,9,11,14-15,17,22H,6,8,10,12-13,16H2,1-5H3,(H,27,28)/t22-,25-,26+/m0/s1. The van der Waals surface area contributed by atoms with Gasteiger partial charge in [0.1, 0.15) is 0 Å². The van der Waals surface area contributed by atoms with E-state index in [0.29, 0.717) is 11.8 Å². The Bertz CT molecular complexity index is 913. The van der Waals surface area contributed by atoms with E-state index in [9.17, 15) is 4.79 Å². The molecule has 0 unspecified atom stereocenters. The van der Waals surface area contributed by atoms with Crippen LogP contribution in [0.2, 0.25) is 0 Å². The molecule has 0 saturated heterocycles. The first kappa shape index (κ1) is 20.7. The number of nitrogens with one attached hydrogen (secondary N) is 1. The molecular weight excluding hydrogens is 374 g/mol. The number of amides is 1. The summed E-state index contributed by atoms with van der Waals surface area (Å²) in [4.78, 5) is 13.6. The van der Waals surface area contributed by atoms with Gasteiger partial charge in [-0.1, -0.05) is 52.3 Å². The van der Waals surface area contributed by atoms with E-state index in [1.54, 1.807) is 22.5 Å². The summed E-state index contributed by atoms with van der Waals surface area (Å²) in [7, 11) is 0. The smallest absolute Gasteiger partial charge is 0.261 e. The Morgan fingerprint density at radius 1 is 1.24 bits per heavy atom. The Morgan fingerprint density at radius 3 is 2.72 bits per heavy atom. The molecule has 29 heavy (non-hydrogen) atoms. The van der Waals surface area contributed by atoms with Gasteiger partial charge >= 0.3 is 0 Å². The predicted octanol–water partition coefficient (Wildman–Crippen LogP) is 6.62. The molecule has 3 heteroatoms. The number of carbonyl (C=O) groups is 1. The molecule has 0 bridgehead atoms. The highest BCUT2D eigenvalue weighted by Crippen LogP contribution is 2.57. The van der Waals surface area contributed by atoms with Crippen LogP contribution in [0.4, 0.5) is 0 Å². The lowest BCUT2D eigenvalue weighted by molar-refractivity contribution is 0.0255. The van der Waals surface area contributed by atoms with Crippen molar-refractivity contribution < 1.29 is 4.79 Å². The van der Waals surface area contributed by atoms with Gasteiger partial charge in [-0.05, 0) is 89.0 Å². The number of hydrogen-bond donors (Lipinski definition) is 1. The van der Waals surface area contributed by atoms with Crippen molar-refractivity contribution in [3.05, 3.63) is 56.8 Å². The zero-order valence-electron chi connectivity index (χ0n) is 18.6. The molecule has 1 amide bonds. The van der Waals surface area contributed by atoms with Crippen molar-refractivity contribution in [2.75, 3.05) is 6.54 Å². The molecule has 0 spiro atoms. The van der Waals surface area contributed by atoms with Crippen molar-refractivity contribution in [2.45, 2.75) is 78.1 Å². The normalized spacial score (nSPS) is 28.7. The summed E-state index contributed by atoms with van der Waals surface area (Å²) in [6.07, 6.45) is 6.11.